The van der Waals surface area contributed by atoms with E-state index in [0.29, 0.717) is 43.0 Å². The van der Waals surface area contributed by atoms with Crippen LogP contribution < -0.4 is 4.90 Å². The lowest BCUT2D eigenvalue weighted by Crippen LogP contribution is -2.45. The fourth-order valence-electron chi connectivity index (χ4n) is 3.63. The molecule has 2 aliphatic rings. The number of hydrogen-bond acceptors (Lipinski definition) is 4. The summed E-state index contributed by atoms with van der Waals surface area (Å²) in [6, 6.07) is 8.24. The zero-order valence-electron chi connectivity index (χ0n) is 13.2. The minimum atomic E-state index is -1.07. The van der Waals surface area contributed by atoms with Gasteiger partial charge in [-0.1, -0.05) is 23.7 Å². The Hall–Kier alpha value is -2.73. The van der Waals surface area contributed by atoms with Gasteiger partial charge in [-0.05, 0) is 35.7 Å². The van der Waals surface area contributed by atoms with E-state index in [4.69, 9.17) is 11.6 Å². The predicted molar refractivity (Wildman–Crippen MR) is 92.3 cm³/mol. The van der Waals surface area contributed by atoms with E-state index in [1.807, 2.05) is 11.0 Å². The maximum Gasteiger partial charge on any atom is 0.337 e. The van der Waals surface area contributed by atoms with Crippen LogP contribution >= 0.6 is 11.6 Å². The maximum absolute atomic E-state index is 12.9. The highest BCUT2D eigenvalue weighted by molar-refractivity contribution is 6.34. The van der Waals surface area contributed by atoms with Gasteiger partial charge >= 0.3 is 5.97 Å². The van der Waals surface area contributed by atoms with E-state index in [0.717, 1.165) is 5.56 Å². The molecular weight excluding hydrogens is 344 g/mol. The Morgan fingerprint density at radius 2 is 2.08 bits per heavy atom. The zero-order chi connectivity index (χ0) is 17.7. The summed E-state index contributed by atoms with van der Waals surface area (Å²) in [7, 11) is 0. The molecule has 0 unspecified atom stereocenters. The molecule has 0 aliphatic carbocycles. The van der Waals surface area contributed by atoms with Gasteiger partial charge in [0.05, 0.1) is 28.5 Å². The summed E-state index contributed by atoms with van der Waals surface area (Å²) in [6.45, 7) is 1.39. The van der Waals surface area contributed by atoms with Crippen LogP contribution in [-0.4, -0.2) is 40.2 Å². The molecule has 0 aromatic heterocycles. The van der Waals surface area contributed by atoms with Crippen molar-refractivity contribution in [3.63, 3.8) is 0 Å². The molecule has 2 heterocycles. The Morgan fingerprint density at radius 1 is 1.28 bits per heavy atom. The number of hydrogen-bond donors (Lipinski definition) is 2. The van der Waals surface area contributed by atoms with Gasteiger partial charge in [-0.3, -0.25) is 4.79 Å². The van der Waals surface area contributed by atoms with Gasteiger partial charge in [-0.15, -0.1) is 0 Å². The number of rotatable bonds is 3. The average molecular weight is 359 g/mol. The SMILES string of the molecule is O=C(O)c1c(Cl)cc2c3c1CCN3CN(Cc1cccc(O)c1)C2=O. The number of carbonyl (C=O) groups excluding carboxylic acids is 1. The van der Waals surface area contributed by atoms with Crippen molar-refractivity contribution < 1.29 is 19.8 Å². The Kier molecular flexibility index (Phi) is 3.58. The third-order valence-corrected chi connectivity index (χ3v) is 4.96. The van der Waals surface area contributed by atoms with Crippen LogP contribution in [0.1, 0.15) is 31.8 Å². The van der Waals surface area contributed by atoms with Crippen LogP contribution in [0.5, 0.6) is 5.75 Å². The van der Waals surface area contributed by atoms with Crippen molar-refractivity contribution in [2.45, 2.75) is 13.0 Å². The van der Waals surface area contributed by atoms with Gasteiger partial charge in [0.15, 0.2) is 0 Å². The number of phenolic OH excluding ortho intramolecular Hbond substituents is 1. The first-order valence-electron chi connectivity index (χ1n) is 7.86. The molecule has 4 rings (SSSR count). The summed E-state index contributed by atoms with van der Waals surface area (Å²) in [5.41, 5.74) is 2.69. The minimum Gasteiger partial charge on any atom is -0.508 e. The first-order chi connectivity index (χ1) is 12.0. The number of amides is 1. The molecular formula is C18H15ClN2O4. The Morgan fingerprint density at radius 3 is 2.80 bits per heavy atom. The van der Waals surface area contributed by atoms with Crippen molar-refractivity contribution in [2.75, 3.05) is 18.1 Å². The number of nitrogens with zero attached hydrogens (tertiary/aromatic N) is 2. The first-order valence-corrected chi connectivity index (χ1v) is 8.24. The molecule has 7 heteroatoms. The third kappa shape index (κ3) is 2.49. The predicted octanol–water partition coefficient (Wildman–Crippen LogP) is 2.72. The highest BCUT2D eigenvalue weighted by Gasteiger charge is 2.37. The molecule has 2 aromatic carbocycles. The molecule has 0 spiro atoms. The van der Waals surface area contributed by atoms with Crippen LogP contribution in [0.15, 0.2) is 30.3 Å². The molecule has 0 saturated heterocycles. The summed E-state index contributed by atoms with van der Waals surface area (Å²) in [5.74, 6) is -1.10. The van der Waals surface area contributed by atoms with E-state index in [1.54, 1.807) is 23.1 Å². The third-order valence-electron chi connectivity index (χ3n) is 4.66. The van der Waals surface area contributed by atoms with Crippen molar-refractivity contribution in [3.05, 3.63) is 57.6 Å². The second kappa shape index (κ2) is 5.67. The number of carboxylic acid groups (broad SMARTS) is 1. The largest absolute Gasteiger partial charge is 0.508 e. The van der Waals surface area contributed by atoms with E-state index < -0.39 is 5.97 Å². The summed E-state index contributed by atoms with van der Waals surface area (Å²) >= 11 is 6.15. The summed E-state index contributed by atoms with van der Waals surface area (Å²) in [5, 5.41) is 19.1. The molecule has 0 radical (unpaired) electrons. The smallest absolute Gasteiger partial charge is 0.337 e. The number of phenols is 1. The van der Waals surface area contributed by atoms with Crippen molar-refractivity contribution >= 4 is 29.2 Å². The van der Waals surface area contributed by atoms with Crippen molar-refractivity contribution in [2.24, 2.45) is 0 Å². The summed E-state index contributed by atoms with van der Waals surface area (Å²) < 4.78 is 0. The van der Waals surface area contributed by atoms with Crippen LogP contribution in [-0.2, 0) is 13.0 Å². The van der Waals surface area contributed by atoms with E-state index in [1.165, 1.54) is 6.07 Å². The lowest BCUT2D eigenvalue weighted by molar-refractivity contribution is 0.0691. The molecule has 0 saturated carbocycles. The molecule has 6 nitrogen and oxygen atoms in total. The number of carbonyl (C=O) groups is 2. The van der Waals surface area contributed by atoms with Gasteiger partial charge in [-0.2, -0.15) is 0 Å². The topological polar surface area (TPSA) is 81.1 Å². The van der Waals surface area contributed by atoms with Crippen molar-refractivity contribution in [1.82, 2.24) is 4.90 Å². The van der Waals surface area contributed by atoms with E-state index in [9.17, 15) is 19.8 Å². The van der Waals surface area contributed by atoms with Crippen LogP contribution in [0.25, 0.3) is 0 Å². The Balaban J connectivity index is 1.74. The van der Waals surface area contributed by atoms with E-state index in [2.05, 4.69) is 0 Å². The number of anilines is 1. The first kappa shape index (κ1) is 15.8. The number of benzene rings is 2. The normalized spacial score (nSPS) is 15.5. The van der Waals surface area contributed by atoms with Crippen LogP contribution in [0.4, 0.5) is 5.69 Å². The average Bonchev–Trinajstić information content (AvgIpc) is 2.95. The number of aromatic hydroxyl groups is 1. The minimum absolute atomic E-state index is 0.0932. The van der Waals surface area contributed by atoms with Gasteiger partial charge in [0, 0.05) is 13.1 Å². The molecule has 2 aliphatic heterocycles. The lowest BCUT2D eigenvalue weighted by atomic mass is 9.98. The van der Waals surface area contributed by atoms with E-state index >= 15 is 0 Å². The Labute approximate surface area is 148 Å². The lowest BCUT2D eigenvalue weighted by Gasteiger charge is -2.36. The monoisotopic (exact) mass is 358 g/mol. The van der Waals surface area contributed by atoms with Crippen LogP contribution in [0, 0.1) is 0 Å². The van der Waals surface area contributed by atoms with Gasteiger partial charge in [0.2, 0.25) is 0 Å². The molecule has 0 fully saturated rings. The van der Waals surface area contributed by atoms with Crippen LogP contribution in [0.2, 0.25) is 5.02 Å². The molecule has 0 bridgehead atoms. The number of carboxylic acids is 1. The summed E-state index contributed by atoms with van der Waals surface area (Å²) in [4.78, 5) is 28.1. The molecule has 2 aromatic rings. The second-order valence-corrected chi connectivity index (χ2v) is 6.65. The van der Waals surface area contributed by atoms with Crippen LogP contribution in [0.3, 0.4) is 0 Å². The van der Waals surface area contributed by atoms with Gasteiger partial charge < -0.3 is 20.0 Å². The molecule has 1 amide bonds. The number of halogens is 1. The van der Waals surface area contributed by atoms with Crippen molar-refractivity contribution in [1.29, 1.82) is 0 Å². The molecule has 128 valence electrons. The quantitative estimate of drug-likeness (QED) is 0.881. The standard InChI is InChI=1S/C18H15ClN2O4/c19-14-7-13-16-12(15(14)18(24)25)4-5-20(16)9-21(17(13)23)8-10-2-1-3-11(22)6-10/h1-3,6-7,22H,4-5,8-9H2,(H,24,25). The second-order valence-electron chi connectivity index (χ2n) is 6.24. The van der Waals surface area contributed by atoms with Crippen molar-refractivity contribution in [3.8, 4) is 5.75 Å². The maximum atomic E-state index is 12.9. The van der Waals surface area contributed by atoms with Gasteiger partial charge in [0.1, 0.15) is 5.75 Å². The fourth-order valence-corrected chi connectivity index (χ4v) is 3.93. The fraction of sp³-hybridized carbons (Fsp3) is 0.222. The molecule has 25 heavy (non-hydrogen) atoms. The van der Waals surface area contributed by atoms with Gasteiger partial charge in [0.25, 0.3) is 5.91 Å². The van der Waals surface area contributed by atoms with E-state index in [-0.39, 0.29) is 22.2 Å². The molecule has 0 atom stereocenters. The highest BCUT2D eigenvalue weighted by Crippen LogP contribution is 2.41. The number of aromatic carboxylic acids is 1. The summed E-state index contributed by atoms with van der Waals surface area (Å²) in [6.07, 6.45) is 0.553. The highest BCUT2D eigenvalue weighted by atomic mass is 35.5. The zero-order valence-corrected chi connectivity index (χ0v) is 14.0. The molecule has 2 N–H and O–H groups in total. The Bertz CT molecular complexity index is 912. The van der Waals surface area contributed by atoms with Gasteiger partial charge in [-0.25, -0.2) is 4.79 Å².